The molecule has 0 heterocycles. The summed E-state index contributed by atoms with van der Waals surface area (Å²) in [5.74, 6) is 0.342. The van der Waals surface area contributed by atoms with E-state index < -0.39 is 0 Å². The van der Waals surface area contributed by atoms with Gasteiger partial charge in [-0.05, 0) is 63.3 Å². The van der Waals surface area contributed by atoms with E-state index in [1.165, 1.54) is 0 Å². The molecule has 0 fully saturated rings. The van der Waals surface area contributed by atoms with E-state index in [0.717, 1.165) is 63.4 Å². The molecule has 2 aliphatic carbocycles. The molecule has 0 saturated heterocycles. The maximum atomic E-state index is 12.8. The number of hydrogen-bond acceptors (Lipinski definition) is 5. The van der Waals surface area contributed by atoms with E-state index in [1.807, 2.05) is 12.2 Å². The standard InChI is InChI=1S/C28H33NO4S/c1-19-22(27(32)24-13-10-9-12-23(24)26(19)31)11-7-5-3-2-4-6-8-14-25(30)33-21-17-15-20(16-18-21)28(29)34/h12-13,15-18H,2-11,14H2,1H3,(H2,29,34). The fourth-order valence-electron chi connectivity index (χ4n) is 4.40. The molecule has 3 rings (SSSR count). The second-order valence-electron chi connectivity index (χ2n) is 8.91. The number of carbonyl (C=O) groups is 3. The van der Waals surface area contributed by atoms with Gasteiger partial charge >= 0.3 is 5.97 Å². The quantitative estimate of drug-likeness (QED) is 0.175. The first-order valence-electron chi connectivity index (χ1n) is 12.2. The highest BCUT2D eigenvalue weighted by Crippen LogP contribution is 2.33. The summed E-state index contributed by atoms with van der Waals surface area (Å²) in [6, 6.07) is 6.88. The molecule has 0 amide bonds. The fourth-order valence-corrected chi connectivity index (χ4v) is 4.54. The molecule has 0 bridgehead atoms. The van der Waals surface area contributed by atoms with Crippen molar-refractivity contribution in [2.24, 2.45) is 5.73 Å². The normalized spacial score (nSPS) is 15.6. The molecule has 2 aliphatic rings. The van der Waals surface area contributed by atoms with E-state index in [0.29, 0.717) is 45.9 Å². The highest BCUT2D eigenvalue weighted by Gasteiger charge is 2.32. The lowest BCUT2D eigenvalue weighted by atomic mass is 9.78. The Kier molecular flexibility index (Phi) is 9.52. The number of esters is 1. The summed E-state index contributed by atoms with van der Waals surface area (Å²) >= 11 is 4.91. The van der Waals surface area contributed by atoms with Crippen molar-refractivity contribution in [2.45, 2.75) is 77.6 Å². The number of rotatable bonds is 12. The van der Waals surface area contributed by atoms with Crippen LogP contribution in [0, 0.1) is 0 Å². The minimum absolute atomic E-state index is 0.0238. The summed E-state index contributed by atoms with van der Waals surface area (Å²) in [6.45, 7) is 1.79. The average molecular weight is 480 g/mol. The Morgan fingerprint density at radius 3 is 2.06 bits per heavy atom. The number of benzene rings is 1. The van der Waals surface area contributed by atoms with Crippen LogP contribution in [0.15, 0.2) is 58.7 Å². The Labute approximate surface area is 207 Å². The Balaban J connectivity index is 1.27. The van der Waals surface area contributed by atoms with Crippen LogP contribution in [-0.2, 0) is 14.4 Å². The molecule has 2 N–H and O–H groups in total. The molecular weight excluding hydrogens is 446 g/mol. The zero-order chi connectivity index (χ0) is 24.5. The lowest BCUT2D eigenvalue weighted by Crippen LogP contribution is -2.25. The number of unbranched alkanes of at least 4 members (excludes halogenated alkanes) is 6. The van der Waals surface area contributed by atoms with E-state index in [1.54, 1.807) is 31.2 Å². The molecule has 6 heteroatoms. The number of fused-ring (bicyclic) bond motifs is 1. The lowest BCUT2D eigenvalue weighted by Gasteiger charge is -2.23. The third-order valence-electron chi connectivity index (χ3n) is 6.39. The van der Waals surface area contributed by atoms with Crippen LogP contribution in [0.5, 0.6) is 5.75 Å². The first-order chi connectivity index (χ1) is 16.4. The molecule has 1 aromatic carbocycles. The number of Topliss-reactive ketones (excluding diaryl/α,β-unsaturated/α-hetero) is 2. The van der Waals surface area contributed by atoms with Gasteiger partial charge in [-0.25, -0.2) is 0 Å². The molecule has 0 aromatic heterocycles. The highest BCUT2D eigenvalue weighted by molar-refractivity contribution is 7.80. The van der Waals surface area contributed by atoms with Gasteiger partial charge in [0, 0.05) is 34.3 Å². The van der Waals surface area contributed by atoms with Crippen LogP contribution in [0.3, 0.4) is 0 Å². The van der Waals surface area contributed by atoms with Gasteiger partial charge in [-0.2, -0.15) is 0 Å². The molecule has 0 atom stereocenters. The zero-order valence-electron chi connectivity index (χ0n) is 19.9. The monoisotopic (exact) mass is 479 g/mol. The summed E-state index contributed by atoms with van der Waals surface area (Å²) in [6.07, 6.45) is 13.5. The number of thiocarbonyl (C=S) groups is 1. The van der Waals surface area contributed by atoms with E-state index in [-0.39, 0.29) is 17.5 Å². The first-order valence-corrected chi connectivity index (χ1v) is 12.6. The molecule has 0 spiro atoms. The topological polar surface area (TPSA) is 86.5 Å². The summed E-state index contributed by atoms with van der Waals surface area (Å²) in [5, 5.41) is 0. The van der Waals surface area contributed by atoms with Crippen LogP contribution in [0.2, 0.25) is 0 Å². The van der Waals surface area contributed by atoms with E-state index in [9.17, 15) is 14.4 Å². The fraction of sp³-hybridized carbons (Fsp3) is 0.429. The highest BCUT2D eigenvalue weighted by atomic mass is 32.1. The van der Waals surface area contributed by atoms with Crippen LogP contribution >= 0.6 is 12.2 Å². The van der Waals surface area contributed by atoms with Gasteiger partial charge in [-0.15, -0.1) is 0 Å². The molecule has 0 aliphatic heterocycles. The second kappa shape index (κ2) is 12.6. The van der Waals surface area contributed by atoms with E-state index >= 15 is 0 Å². The third-order valence-corrected chi connectivity index (χ3v) is 6.62. The van der Waals surface area contributed by atoms with Crippen molar-refractivity contribution < 1.29 is 19.1 Å². The van der Waals surface area contributed by atoms with Gasteiger partial charge in [0.15, 0.2) is 11.6 Å². The lowest BCUT2D eigenvalue weighted by molar-refractivity contribution is -0.134. The van der Waals surface area contributed by atoms with Crippen molar-refractivity contribution in [2.75, 3.05) is 0 Å². The predicted molar refractivity (Wildman–Crippen MR) is 138 cm³/mol. The van der Waals surface area contributed by atoms with Gasteiger partial charge in [-0.3, -0.25) is 14.4 Å². The molecule has 1 aromatic rings. The summed E-state index contributed by atoms with van der Waals surface area (Å²) in [4.78, 5) is 37.7. The number of allylic oxidation sites excluding steroid dienone is 6. The van der Waals surface area contributed by atoms with E-state index in [2.05, 4.69) is 0 Å². The van der Waals surface area contributed by atoms with Gasteiger partial charge in [0.25, 0.3) is 0 Å². The maximum absolute atomic E-state index is 12.8. The third kappa shape index (κ3) is 6.83. The van der Waals surface area contributed by atoms with Crippen LogP contribution in [0.4, 0.5) is 0 Å². The smallest absolute Gasteiger partial charge is 0.311 e. The number of ether oxygens (including phenoxy) is 1. The first kappa shape index (κ1) is 25.8. The minimum atomic E-state index is -0.232. The van der Waals surface area contributed by atoms with Crippen molar-refractivity contribution in [1.82, 2.24) is 0 Å². The van der Waals surface area contributed by atoms with Crippen LogP contribution in [0.1, 0.15) is 83.1 Å². The van der Waals surface area contributed by atoms with Crippen molar-refractivity contribution in [3.05, 3.63) is 64.3 Å². The zero-order valence-corrected chi connectivity index (χ0v) is 20.7. The molecule has 34 heavy (non-hydrogen) atoms. The number of ketones is 2. The molecule has 180 valence electrons. The molecule has 0 unspecified atom stereocenters. The number of nitrogens with two attached hydrogens (primary N) is 1. The summed E-state index contributed by atoms with van der Waals surface area (Å²) < 4.78 is 5.34. The van der Waals surface area contributed by atoms with Gasteiger partial charge in [0.05, 0.1) is 0 Å². The molecule has 0 radical (unpaired) electrons. The summed E-state index contributed by atoms with van der Waals surface area (Å²) in [7, 11) is 0. The van der Waals surface area contributed by atoms with Crippen molar-refractivity contribution in [1.29, 1.82) is 0 Å². The van der Waals surface area contributed by atoms with Crippen LogP contribution in [0.25, 0.3) is 0 Å². The maximum Gasteiger partial charge on any atom is 0.311 e. The average Bonchev–Trinajstić information content (AvgIpc) is 2.83. The summed E-state index contributed by atoms with van der Waals surface area (Å²) in [5.41, 5.74) is 8.86. The Hall–Kier alpha value is -2.86. The predicted octanol–water partition coefficient (Wildman–Crippen LogP) is 5.85. The van der Waals surface area contributed by atoms with Crippen molar-refractivity contribution in [3.63, 3.8) is 0 Å². The SMILES string of the molecule is CC1=C(CCCCCCCCCC(=O)Oc2ccc(C(N)=S)cc2)C(=O)C2=CCCC=C2C1=O. The van der Waals surface area contributed by atoms with Crippen molar-refractivity contribution in [3.8, 4) is 5.75 Å². The minimum Gasteiger partial charge on any atom is -0.427 e. The number of hydrogen-bond donors (Lipinski definition) is 1. The van der Waals surface area contributed by atoms with Gasteiger partial charge in [0.2, 0.25) is 0 Å². The largest absolute Gasteiger partial charge is 0.427 e. The van der Waals surface area contributed by atoms with Gasteiger partial charge in [0.1, 0.15) is 10.7 Å². The van der Waals surface area contributed by atoms with Gasteiger partial charge < -0.3 is 10.5 Å². The van der Waals surface area contributed by atoms with Crippen molar-refractivity contribution >= 4 is 34.7 Å². The Bertz CT molecular complexity index is 1050. The number of carbonyl (C=O) groups excluding carboxylic acids is 3. The van der Waals surface area contributed by atoms with Gasteiger partial charge in [-0.1, -0.05) is 56.5 Å². The van der Waals surface area contributed by atoms with Crippen LogP contribution < -0.4 is 10.5 Å². The second-order valence-corrected chi connectivity index (χ2v) is 9.35. The van der Waals surface area contributed by atoms with Crippen LogP contribution in [-0.4, -0.2) is 22.5 Å². The molecule has 5 nitrogen and oxygen atoms in total. The Morgan fingerprint density at radius 1 is 0.882 bits per heavy atom. The molecular formula is C28H33NO4S. The van der Waals surface area contributed by atoms with E-state index in [4.69, 9.17) is 22.7 Å². The molecule has 0 saturated carbocycles. The Morgan fingerprint density at radius 2 is 1.44 bits per heavy atom.